The molecule has 7 nitrogen and oxygen atoms in total. The SMILES string of the molecule is CCc1ccc([C@@H](C)NC(=O)COC(=O)C2=C(Nc3ccccc3)OCC2=O)cc1. The average Bonchev–Trinajstić information content (AvgIpc) is 3.12. The van der Waals surface area contributed by atoms with E-state index in [1.165, 1.54) is 5.56 Å². The predicted molar refractivity (Wildman–Crippen MR) is 111 cm³/mol. The van der Waals surface area contributed by atoms with E-state index in [4.69, 9.17) is 9.47 Å². The van der Waals surface area contributed by atoms with Crippen LogP contribution in [0, 0.1) is 0 Å². The Morgan fingerprint density at radius 3 is 2.47 bits per heavy atom. The zero-order valence-corrected chi connectivity index (χ0v) is 16.9. The third-order valence-corrected chi connectivity index (χ3v) is 4.69. The fraction of sp³-hybridized carbons (Fsp3) is 0.261. The number of hydrogen-bond acceptors (Lipinski definition) is 6. The number of rotatable bonds is 8. The summed E-state index contributed by atoms with van der Waals surface area (Å²) in [6, 6.07) is 16.7. The predicted octanol–water partition coefficient (Wildman–Crippen LogP) is 2.89. The monoisotopic (exact) mass is 408 g/mol. The molecule has 0 aromatic heterocycles. The molecule has 7 heteroatoms. The lowest BCUT2D eigenvalue weighted by Crippen LogP contribution is -2.31. The van der Waals surface area contributed by atoms with Crippen molar-refractivity contribution in [3.05, 3.63) is 77.2 Å². The fourth-order valence-electron chi connectivity index (χ4n) is 2.98. The zero-order valence-electron chi connectivity index (χ0n) is 16.9. The molecule has 0 unspecified atom stereocenters. The fourth-order valence-corrected chi connectivity index (χ4v) is 2.98. The summed E-state index contributed by atoms with van der Waals surface area (Å²) in [6.45, 7) is 3.17. The molecule has 0 fully saturated rings. The standard InChI is InChI=1S/C23H24N2O5/c1-3-16-9-11-17(12-10-16)15(2)24-20(27)14-30-23(28)21-19(26)13-29-22(21)25-18-7-5-4-6-8-18/h4-12,15,25H,3,13-14H2,1-2H3,(H,24,27)/t15-/m1/s1. The minimum absolute atomic E-state index is 0.0287. The Kier molecular flexibility index (Phi) is 6.85. The van der Waals surface area contributed by atoms with Crippen LogP contribution in [-0.4, -0.2) is 30.9 Å². The number of esters is 1. The molecule has 0 aliphatic carbocycles. The number of ether oxygens (including phenoxy) is 2. The first-order valence-electron chi connectivity index (χ1n) is 9.75. The molecule has 0 saturated carbocycles. The van der Waals surface area contributed by atoms with Crippen molar-refractivity contribution in [1.82, 2.24) is 5.32 Å². The largest absolute Gasteiger partial charge is 0.470 e. The minimum atomic E-state index is -0.897. The Bertz CT molecular complexity index is 951. The summed E-state index contributed by atoms with van der Waals surface area (Å²) in [4.78, 5) is 36.6. The van der Waals surface area contributed by atoms with Crippen LogP contribution in [0.5, 0.6) is 0 Å². The molecule has 2 aromatic rings. The maximum atomic E-state index is 12.4. The van der Waals surface area contributed by atoms with Crippen LogP contribution in [0.1, 0.15) is 31.0 Å². The van der Waals surface area contributed by atoms with Gasteiger partial charge in [-0.25, -0.2) is 4.79 Å². The van der Waals surface area contributed by atoms with Crippen LogP contribution in [0.15, 0.2) is 66.1 Å². The van der Waals surface area contributed by atoms with E-state index in [9.17, 15) is 14.4 Å². The van der Waals surface area contributed by atoms with Gasteiger partial charge in [-0.2, -0.15) is 0 Å². The Balaban J connectivity index is 1.57. The maximum absolute atomic E-state index is 12.4. The molecule has 30 heavy (non-hydrogen) atoms. The van der Waals surface area contributed by atoms with Crippen LogP contribution in [-0.2, 0) is 30.3 Å². The van der Waals surface area contributed by atoms with E-state index in [0.717, 1.165) is 12.0 Å². The number of anilines is 1. The van der Waals surface area contributed by atoms with E-state index in [1.807, 2.05) is 37.3 Å². The molecule has 0 saturated heterocycles. The highest BCUT2D eigenvalue weighted by Gasteiger charge is 2.33. The molecule has 0 spiro atoms. The molecule has 1 amide bonds. The van der Waals surface area contributed by atoms with Crippen LogP contribution < -0.4 is 10.6 Å². The molecule has 1 heterocycles. The van der Waals surface area contributed by atoms with Gasteiger partial charge in [0.25, 0.3) is 5.91 Å². The van der Waals surface area contributed by atoms with Crippen LogP contribution in [0.25, 0.3) is 0 Å². The van der Waals surface area contributed by atoms with Gasteiger partial charge in [0.1, 0.15) is 0 Å². The van der Waals surface area contributed by atoms with Crippen molar-refractivity contribution < 1.29 is 23.9 Å². The number of Topliss-reactive ketones (excluding diaryl/α,β-unsaturated/α-hetero) is 1. The molecule has 2 N–H and O–H groups in total. The lowest BCUT2D eigenvalue weighted by molar-refractivity contribution is -0.145. The first kappa shape index (κ1) is 21.1. The molecular weight excluding hydrogens is 384 g/mol. The summed E-state index contributed by atoms with van der Waals surface area (Å²) in [7, 11) is 0. The molecule has 1 aliphatic rings. The summed E-state index contributed by atoms with van der Waals surface area (Å²) < 4.78 is 10.3. The molecule has 1 atom stereocenters. The smallest absolute Gasteiger partial charge is 0.347 e. The third-order valence-electron chi connectivity index (χ3n) is 4.69. The number of carbonyl (C=O) groups excluding carboxylic acids is 3. The number of amides is 1. The average molecular weight is 408 g/mol. The molecule has 1 aliphatic heterocycles. The van der Waals surface area contributed by atoms with E-state index >= 15 is 0 Å². The van der Waals surface area contributed by atoms with Crippen molar-refractivity contribution >= 4 is 23.3 Å². The maximum Gasteiger partial charge on any atom is 0.347 e. The lowest BCUT2D eigenvalue weighted by atomic mass is 10.1. The number of nitrogens with one attached hydrogen (secondary N) is 2. The normalized spacial score (nSPS) is 14.1. The van der Waals surface area contributed by atoms with E-state index in [-0.39, 0.29) is 24.1 Å². The second-order valence-corrected chi connectivity index (χ2v) is 6.87. The van der Waals surface area contributed by atoms with Crippen molar-refractivity contribution in [3.63, 3.8) is 0 Å². The second kappa shape index (κ2) is 9.73. The highest BCUT2D eigenvalue weighted by atomic mass is 16.5. The summed E-state index contributed by atoms with van der Waals surface area (Å²) in [5.74, 6) is -1.82. The van der Waals surface area contributed by atoms with E-state index < -0.39 is 24.3 Å². The Morgan fingerprint density at radius 1 is 1.10 bits per heavy atom. The van der Waals surface area contributed by atoms with Crippen molar-refractivity contribution in [2.24, 2.45) is 0 Å². The summed E-state index contributed by atoms with van der Waals surface area (Å²) in [5, 5.41) is 5.67. The highest BCUT2D eigenvalue weighted by molar-refractivity contribution is 6.20. The first-order chi connectivity index (χ1) is 14.5. The molecule has 0 bridgehead atoms. The quantitative estimate of drug-likeness (QED) is 0.515. The Hall–Kier alpha value is -3.61. The van der Waals surface area contributed by atoms with Gasteiger partial charge in [-0.1, -0.05) is 49.4 Å². The highest BCUT2D eigenvalue weighted by Crippen LogP contribution is 2.20. The Labute approximate surface area is 175 Å². The second-order valence-electron chi connectivity index (χ2n) is 6.87. The lowest BCUT2D eigenvalue weighted by Gasteiger charge is -2.15. The number of aryl methyl sites for hydroxylation is 1. The summed E-state index contributed by atoms with van der Waals surface area (Å²) in [6.07, 6.45) is 0.941. The minimum Gasteiger partial charge on any atom is -0.470 e. The van der Waals surface area contributed by atoms with Crippen molar-refractivity contribution in [2.75, 3.05) is 18.5 Å². The van der Waals surface area contributed by atoms with Crippen LogP contribution in [0.2, 0.25) is 0 Å². The number of benzene rings is 2. The molecule has 2 aromatic carbocycles. The number of para-hydroxylation sites is 1. The van der Waals surface area contributed by atoms with Gasteiger partial charge >= 0.3 is 5.97 Å². The Morgan fingerprint density at radius 2 is 1.80 bits per heavy atom. The van der Waals surface area contributed by atoms with Gasteiger partial charge in [0.05, 0.1) is 6.04 Å². The van der Waals surface area contributed by atoms with E-state index in [2.05, 4.69) is 17.6 Å². The van der Waals surface area contributed by atoms with Gasteiger partial charge in [-0.05, 0) is 36.6 Å². The van der Waals surface area contributed by atoms with Crippen molar-refractivity contribution in [2.45, 2.75) is 26.3 Å². The number of hydrogen-bond donors (Lipinski definition) is 2. The van der Waals surface area contributed by atoms with Gasteiger partial charge in [-0.15, -0.1) is 0 Å². The number of ketones is 1. The topological polar surface area (TPSA) is 93.7 Å². The third kappa shape index (κ3) is 5.26. The molecule has 156 valence electrons. The molecule has 0 radical (unpaired) electrons. The van der Waals surface area contributed by atoms with Gasteiger partial charge in [0.15, 0.2) is 18.8 Å². The van der Waals surface area contributed by atoms with Crippen LogP contribution in [0.3, 0.4) is 0 Å². The first-order valence-corrected chi connectivity index (χ1v) is 9.75. The van der Waals surface area contributed by atoms with Gasteiger partial charge < -0.3 is 20.1 Å². The molecular formula is C23H24N2O5. The molecule has 3 rings (SSSR count). The van der Waals surface area contributed by atoms with Gasteiger partial charge in [0, 0.05) is 5.69 Å². The summed E-state index contributed by atoms with van der Waals surface area (Å²) in [5.41, 5.74) is 2.59. The van der Waals surface area contributed by atoms with E-state index in [1.54, 1.807) is 24.3 Å². The van der Waals surface area contributed by atoms with Gasteiger partial charge in [0.2, 0.25) is 11.7 Å². The van der Waals surface area contributed by atoms with Crippen molar-refractivity contribution in [1.29, 1.82) is 0 Å². The van der Waals surface area contributed by atoms with Crippen molar-refractivity contribution in [3.8, 4) is 0 Å². The summed E-state index contributed by atoms with van der Waals surface area (Å²) >= 11 is 0. The van der Waals surface area contributed by atoms with Crippen LogP contribution >= 0.6 is 0 Å². The van der Waals surface area contributed by atoms with Gasteiger partial charge in [-0.3, -0.25) is 9.59 Å². The van der Waals surface area contributed by atoms with E-state index in [0.29, 0.717) is 5.69 Å². The van der Waals surface area contributed by atoms with Crippen LogP contribution in [0.4, 0.5) is 5.69 Å². The number of carbonyl (C=O) groups is 3. The zero-order chi connectivity index (χ0) is 21.5.